The fraction of sp³-hybridized carbons (Fsp3) is 0.167. The van der Waals surface area contributed by atoms with Crippen LogP contribution in [0.1, 0.15) is 5.69 Å². The lowest BCUT2D eigenvalue weighted by atomic mass is 10.3. The zero-order valence-corrected chi connectivity index (χ0v) is 13.1. The number of benzene rings is 1. The molecule has 0 radical (unpaired) electrons. The molecule has 0 bridgehead atoms. The van der Waals surface area contributed by atoms with Crippen molar-refractivity contribution in [2.45, 2.75) is 13.5 Å². The van der Waals surface area contributed by atoms with E-state index in [1.807, 2.05) is 6.92 Å². The van der Waals surface area contributed by atoms with Crippen LogP contribution in [0.5, 0.6) is 0 Å². The lowest BCUT2D eigenvalue weighted by Gasteiger charge is -2.09. The van der Waals surface area contributed by atoms with E-state index in [-0.39, 0.29) is 12.5 Å². The molecule has 2 aromatic rings. The number of anilines is 1. The molecule has 1 N–H and O–H groups in total. The van der Waals surface area contributed by atoms with Crippen molar-refractivity contribution >= 4 is 50.7 Å². The van der Waals surface area contributed by atoms with Gasteiger partial charge < -0.3 is 5.32 Å². The van der Waals surface area contributed by atoms with Gasteiger partial charge in [0.2, 0.25) is 5.91 Å². The molecule has 1 aromatic carbocycles. The van der Waals surface area contributed by atoms with Gasteiger partial charge in [-0.15, -0.1) is 0 Å². The number of para-hydroxylation sites is 1. The van der Waals surface area contributed by atoms with Crippen molar-refractivity contribution in [2.24, 2.45) is 0 Å². The number of halogens is 3. The Hall–Kier alpha value is -1.04. The summed E-state index contributed by atoms with van der Waals surface area (Å²) in [6, 6.07) is 5.05. The number of carbonyl (C=O) groups is 1. The standard InChI is InChI=1S/C12H10BrCl2N3O/c1-7-8(13)5-18(17-7)6-11(19)16-12-9(14)3-2-4-10(12)15/h2-5H,6H2,1H3,(H,16,19). The van der Waals surface area contributed by atoms with Gasteiger partial charge in [-0.3, -0.25) is 9.48 Å². The minimum Gasteiger partial charge on any atom is -0.322 e. The van der Waals surface area contributed by atoms with Gasteiger partial charge in [-0.25, -0.2) is 0 Å². The number of nitrogens with one attached hydrogen (secondary N) is 1. The van der Waals surface area contributed by atoms with E-state index >= 15 is 0 Å². The van der Waals surface area contributed by atoms with Crippen LogP contribution in [0.3, 0.4) is 0 Å². The lowest BCUT2D eigenvalue weighted by Crippen LogP contribution is -2.19. The second kappa shape index (κ2) is 5.94. The number of rotatable bonds is 3. The van der Waals surface area contributed by atoms with E-state index in [9.17, 15) is 4.79 Å². The van der Waals surface area contributed by atoms with E-state index in [2.05, 4.69) is 26.3 Å². The average Bonchev–Trinajstić information content (AvgIpc) is 2.63. The highest BCUT2D eigenvalue weighted by Gasteiger charge is 2.11. The molecule has 1 heterocycles. The van der Waals surface area contributed by atoms with Gasteiger partial charge in [0.05, 0.1) is 25.9 Å². The van der Waals surface area contributed by atoms with Gasteiger partial charge in [-0.1, -0.05) is 29.3 Å². The van der Waals surface area contributed by atoms with Crippen LogP contribution < -0.4 is 5.32 Å². The zero-order valence-electron chi connectivity index (χ0n) is 9.95. The predicted molar refractivity (Wildman–Crippen MR) is 79.8 cm³/mol. The number of aryl methyl sites for hydroxylation is 1. The number of aromatic nitrogens is 2. The smallest absolute Gasteiger partial charge is 0.246 e. The van der Waals surface area contributed by atoms with E-state index in [1.165, 1.54) is 0 Å². The molecule has 4 nitrogen and oxygen atoms in total. The van der Waals surface area contributed by atoms with Crippen molar-refractivity contribution < 1.29 is 4.79 Å². The number of amides is 1. The molecule has 0 saturated carbocycles. The van der Waals surface area contributed by atoms with Crippen molar-refractivity contribution in [1.29, 1.82) is 0 Å². The average molecular weight is 363 g/mol. The maximum Gasteiger partial charge on any atom is 0.246 e. The highest BCUT2D eigenvalue weighted by molar-refractivity contribution is 9.10. The third-order valence-corrected chi connectivity index (χ3v) is 3.83. The summed E-state index contributed by atoms with van der Waals surface area (Å²) < 4.78 is 2.40. The van der Waals surface area contributed by atoms with Gasteiger partial charge in [0.25, 0.3) is 0 Å². The monoisotopic (exact) mass is 361 g/mol. The second-order valence-electron chi connectivity index (χ2n) is 3.90. The van der Waals surface area contributed by atoms with Crippen LogP contribution in [0.4, 0.5) is 5.69 Å². The first-order chi connectivity index (χ1) is 8.97. The Morgan fingerprint density at radius 1 is 1.42 bits per heavy atom. The molecule has 7 heteroatoms. The third-order valence-electron chi connectivity index (χ3n) is 2.42. The number of carbonyl (C=O) groups excluding carboxylic acids is 1. The van der Waals surface area contributed by atoms with E-state index in [4.69, 9.17) is 23.2 Å². The lowest BCUT2D eigenvalue weighted by molar-refractivity contribution is -0.116. The Labute approximate surface area is 128 Å². The highest BCUT2D eigenvalue weighted by atomic mass is 79.9. The fourth-order valence-electron chi connectivity index (χ4n) is 1.52. The van der Waals surface area contributed by atoms with E-state index in [0.717, 1.165) is 10.2 Å². The Balaban J connectivity index is 2.09. The summed E-state index contributed by atoms with van der Waals surface area (Å²) in [4.78, 5) is 11.9. The van der Waals surface area contributed by atoms with E-state index < -0.39 is 0 Å². The Bertz CT molecular complexity index is 588. The maximum atomic E-state index is 11.9. The SMILES string of the molecule is Cc1nn(CC(=O)Nc2c(Cl)cccc2Cl)cc1Br. The minimum atomic E-state index is -0.245. The van der Waals surface area contributed by atoms with Crippen LogP contribution in [-0.2, 0) is 11.3 Å². The van der Waals surface area contributed by atoms with E-state index in [1.54, 1.807) is 29.1 Å². The molecule has 1 amide bonds. The van der Waals surface area contributed by atoms with Crippen LogP contribution in [0, 0.1) is 6.92 Å². The van der Waals surface area contributed by atoms with Gasteiger partial charge in [-0.2, -0.15) is 5.10 Å². The van der Waals surface area contributed by atoms with Crippen molar-refractivity contribution in [3.05, 3.63) is 44.6 Å². The quantitative estimate of drug-likeness (QED) is 0.899. The van der Waals surface area contributed by atoms with Crippen LogP contribution in [0.25, 0.3) is 0 Å². The number of hydrogen-bond acceptors (Lipinski definition) is 2. The minimum absolute atomic E-state index is 0.0913. The first-order valence-corrected chi connectivity index (χ1v) is 6.95. The Kier molecular flexibility index (Phi) is 4.50. The van der Waals surface area contributed by atoms with Crippen molar-refractivity contribution in [2.75, 3.05) is 5.32 Å². The summed E-state index contributed by atoms with van der Waals surface area (Å²) in [6.45, 7) is 1.94. The second-order valence-corrected chi connectivity index (χ2v) is 5.57. The predicted octanol–water partition coefficient (Wildman–Crippen LogP) is 3.90. The van der Waals surface area contributed by atoms with Gasteiger partial charge in [-0.05, 0) is 35.0 Å². The molecule has 1 aromatic heterocycles. The summed E-state index contributed by atoms with van der Waals surface area (Å²) in [5, 5.41) is 7.66. The van der Waals surface area contributed by atoms with Crippen LogP contribution in [0.15, 0.2) is 28.9 Å². The van der Waals surface area contributed by atoms with Gasteiger partial charge in [0.15, 0.2) is 0 Å². The topological polar surface area (TPSA) is 46.9 Å². The van der Waals surface area contributed by atoms with Crippen LogP contribution >= 0.6 is 39.1 Å². The first-order valence-electron chi connectivity index (χ1n) is 5.41. The van der Waals surface area contributed by atoms with Gasteiger partial charge in [0, 0.05) is 6.20 Å². The van der Waals surface area contributed by atoms with Gasteiger partial charge in [0.1, 0.15) is 6.54 Å². The molecule has 0 spiro atoms. The molecule has 0 aliphatic heterocycles. The molecule has 100 valence electrons. The summed E-state index contributed by atoms with van der Waals surface area (Å²) in [5.74, 6) is -0.245. The molecule has 0 atom stereocenters. The van der Waals surface area contributed by atoms with Gasteiger partial charge >= 0.3 is 0 Å². The zero-order chi connectivity index (χ0) is 14.0. The molecule has 19 heavy (non-hydrogen) atoms. The molecular formula is C12H10BrCl2N3O. The molecule has 0 unspecified atom stereocenters. The van der Waals surface area contributed by atoms with Crippen molar-refractivity contribution in [3.8, 4) is 0 Å². The molecule has 0 saturated heterocycles. The summed E-state index contributed by atoms with van der Waals surface area (Å²) in [7, 11) is 0. The summed E-state index contributed by atoms with van der Waals surface area (Å²) >= 11 is 15.3. The van der Waals surface area contributed by atoms with Crippen LogP contribution in [-0.4, -0.2) is 15.7 Å². The Morgan fingerprint density at radius 3 is 2.58 bits per heavy atom. The number of nitrogens with zero attached hydrogens (tertiary/aromatic N) is 2. The molecule has 0 aliphatic carbocycles. The Morgan fingerprint density at radius 2 is 2.05 bits per heavy atom. The maximum absolute atomic E-state index is 11.9. The molecule has 2 rings (SSSR count). The largest absolute Gasteiger partial charge is 0.322 e. The summed E-state index contributed by atoms with van der Waals surface area (Å²) in [6.07, 6.45) is 1.74. The van der Waals surface area contributed by atoms with Crippen molar-refractivity contribution in [3.63, 3.8) is 0 Å². The van der Waals surface area contributed by atoms with E-state index in [0.29, 0.717) is 15.7 Å². The van der Waals surface area contributed by atoms with Crippen molar-refractivity contribution in [1.82, 2.24) is 9.78 Å². The highest BCUT2D eigenvalue weighted by Crippen LogP contribution is 2.29. The normalized spacial score (nSPS) is 10.5. The number of hydrogen-bond donors (Lipinski definition) is 1. The third kappa shape index (κ3) is 3.49. The fourth-order valence-corrected chi connectivity index (χ4v) is 2.33. The summed E-state index contributed by atoms with van der Waals surface area (Å²) in [5.41, 5.74) is 1.24. The molecular weight excluding hydrogens is 353 g/mol. The molecule has 0 fully saturated rings. The first kappa shape index (κ1) is 14.4. The molecule has 0 aliphatic rings. The van der Waals surface area contributed by atoms with Crippen LogP contribution in [0.2, 0.25) is 10.0 Å².